The molecule has 1 unspecified atom stereocenters. The summed E-state index contributed by atoms with van der Waals surface area (Å²) in [5.41, 5.74) is 8.36. The van der Waals surface area contributed by atoms with Crippen molar-refractivity contribution in [2.24, 2.45) is 0 Å². The van der Waals surface area contributed by atoms with Gasteiger partial charge in [-0.15, -0.1) is 0 Å². The number of aromatic nitrogens is 4. The average Bonchev–Trinajstić information content (AvgIpc) is 2.92. The van der Waals surface area contributed by atoms with Gasteiger partial charge < -0.3 is 11.1 Å². The third kappa shape index (κ3) is 2.20. The quantitative estimate of drug-likeness (QED) is 0.622. The summed E-state index contributed by atoms with van der Waals surface area (Å²) < 4.78 is 0. The van der Waals surface area contributed by atoms with Gasteiger partial charge in [-0.25, -0.2) is 9.97 Å². The Morgan fingerprint density at radius 2 is 2.21 bits per heavy atom. The van der Waals surface area contributed by atoms with Gasteiger partial charge in [-0.3, -0.25) is 5.10 Å². The molecule has 3 rings (SSSR count). The van der Waals surface area contributed by atoms with Gasteiger partial charge in [0, 0.05) is 22.8 Å². The van der Waals surface area contributed by atoms with Crippen molar-refractivity contribution in [2.45, 2.75) is 13.0 Å². The lowest BCUT2D eigenvalue weighted by Gasteiger charge is -2.14. The van der Waals surface area contributed by atoms with Gasteiger partial charge in [0.05, 0.1) is 17.8 Å². The van der Waals surface area contributed by atoms with Crippen LogP contribution in [0, 0.1) is 0 Å². The molecular weight excluding hydrogens is 240 g/mol. The number of nitrogen functional groups attached to an aromatic ring is 1. The van der Waals surface area contributed by atoms with E-state index >= 15 is 0 Å². The van der Waals surface area contributed by atoms with E-state index in [2.05, 4.69) is 32.4 Å². The van der Waals surface area contributed by atoms with Crippen LogP contribution in [0.4, 0.5) is 11.5 Å². The molecule has 0 saturated carbocycles. The molecule has 1 atom stereocenters. The number of nitrogens with two attached hydrogens (primary N) is 1. The molecule has 2 aromatic heterocycles. The van der Waals surface area contributed by atoms with Gasteiger partial charge in [0.15, 0.2) is 0 Å². The maximum atomic E-state index is 5.76. The molecule has 0 aliphatic rings. The molecule has 19 heavy (non-hydrogen) atoms. The zero-order chi connectivity index (χ0) is 13.2. The topological polar surface area (TPSA) is 92.5 Å². The van der Waals surface area contributed by atoms with E-state index in [4.69, 9.17) is 5.73 Å². The predicted octanol–water partition coefficient (Wildman–Crippen LogP) is 2.11. The molecule has 6 heteroatoms. The third-order valence-electron chi connectivity index (χ3n) is 3.03. The highest BCUT2D eigenvalue weighted by Gasteiger charge is 2.10. The number of benzene rings is 1. The first-order valence-corrected chi connectivity index (χ1v) is 5.99. The van der Waals surface area contributed by atoms with E-state index in [0.717, 1.165) is 22.3 Å². The minimum atomic E-state index is 0.106. The van der Waals surface area contributed by atoms with Crippen LogP contribution in [0.25, 0.3) is 10.9 Å². The second kappa shape index (κ2) is 4.56. The Bertz CT molecular complexity index is 691. The molecule has 96 valence electrons. The number of H-pyrrole nitrogens is 1. The summed E-state index contributed by atoms with van der Waals surface area (Å²) in [6.45, 7) is 2.05. The van der Waals surface area contributed by atoms with Crippen molar-refractivity contribution in [1.82, 2.24) is 20.2 Å². The first-order chi connectivity index (χ1) is 9.24. The summed E-state index contributed by atoms with van der Waals surface area (Å²) in [5, 5.41) is 11.1. The molecule has 2 heterocycles. The fraction of sp³-hybridized carbons (Fsp3) is 0.154. The van der Waals surface area contributed by atoms with Crippen LogP contribution in [-0.2, 0) is 0 Å². The van der Waals surface area contributed by atoms with Crippen LogP contribution in [0.5, 0.6) is 0 Å². The van der Waals surface area contributed by atoms with E-state index < -0.39 is 0 Å². The van der Waals surface area contributed by atoms with Crippen LogP contribution < -0.4 is 11.1 Å². The molecule has 0 fully saturated rings. The van der Waals surface area contributed by atoms with E-state index in [1.165, 1.54) is 6.33 Å². The largest absolute Gasteiger partial charge is 0.399 e. The lowest BCUT2D eigenvalue weighted by Crippen LogP contribution is -2.07. The molecule has 0 bridgehead atoms. The van der Waals surface area contributed by atoms with Crippen LogP contribution >= 0.6 is 0 Å². The van der Waals surface area contributed by atoms with Crippen LogP contribution in [0.1, 0.15) is 18.5 Å². The van der Waals surface area contributed by atoms with Gasteiger partial charge in [-0.05, 0) is 25.1 Å². The van der Waals surface area contributed by atoms with Crippen molar-refractivity contribution in [2.75, 3.05) is 11.1 Å². The molecule has 1 aromatic carbocycles. The van der Waals surface area contributed by atoms with E-state index in [1.54, 1.807) is 6.20 Å². The van der Waals surface area contributed by atoms with E-state index in [0.29, 0.717) is 5.69 Å². The smallest absolute Gasteiger partial charge is 0.137 e. The fourth-order valence-electron chi connectivity index (χ4n) is 1.98. The molecule has 0 aliphatic heterocycles. The van der Waals surface area contributed by atoms with E-state index in [1.807, 2.05) is 24.4 Å². The molecule has 6 nitrogen and oxygen atoms in total. The van der Waals surface area contributed by atoms with Gasteiger partial charge in [0.2, 0.25) is 0 Å². The highest BCUT2D eigenvalue weighted by atomic mass is 15.1. The summed E-state index contributed by atoms with van der Waals surface area (Å²) in [6, 6.07) is 5.72. The fourth-order valence-corrected chi connectivity index (χ4v) is 1.98. The van der Waals surface area contributed by atoms with E-state index in [-0.39, 0.29) is 6.04 Å². The lowest BCUT2D eigenvalue weighted by atomic mass is 10.1. The Morgan fingerprint density at radius 3 is 3.00 bits per heavy atom. The van der Waals surface area contributed by atoms with Gasteiger partial charge >= 0.3 is 0 Å². The minimum Gasteiger partial charge on any atom is -0.399 e. The van der Waals surface area contributed by atoms with Crippen molar-refractivity contribution < 1.29 is 0 Å². The van der Waals surface area contributed by atoms with Crippen LogP contribution in [0.2, 0.25) is 0 Å². The summed E-state index contributed by atoms with van der Waals surface area (Å²) in [4.78, 5) is 8.52. The second-order valence-corrected chi connectivity index (χ2v) is 4.40. The molecule has 3 aromatic rings. The van der Waals surface area contributed by atoms with Crippen molar-refractivity contribution in [3.63, 3.8) is 0 Å². The predicted molar refractivity (Wildman–Crippen MR) is 74.6 cm³/mol. The number of aromatic amines is 1. The summed E-state index contributed by atoms with van der Waals surface area (Å²) in [5.74, 6) is 0.790. The average molecular weight is 254 g/mol. The van der Waals surface area contributed by atoms with Crippen molar-refractivity contribution in [3.05, 3.63) is 42.5 Å². The Morgan fingerprint density at radius 1 is 1.32 bits per heavy atom. The Kier molecular flexibility index (Phi) is 2.75. The first kappa shape index (κ1) is 11.5. The van der Waals surface area contributed by atoms with Crippen LogP contribution in [0.15, 0.2) is 36.9 Å². The van der Waals surface area contributed by atoms with Crippen molar-refractivity contribution >= 4 is 22.4 Å². The number of anilines is 2. The van der Waals surface area contributed by atoms with Crippen molar-refractivity contribution in [3.8, 4) is 0 Å². The molecule has 0 radical (unpaired) electrons. The Labute approximate surface area is 110 Å². The summed E-state index contributed by atoms with van der Waals surface area (Å²) >= 11 is 0. The number of rotatable bonds is 3. The van der Waals surface area contributed by atoms with Gasteiger partial charge in [-0.1, -0.05) is 0 Å². The molecule has 0 amide bonds. The zero-order valence-corrected chi connectivity index (χ0v) is 10.5. The highest BCUT2D eigenvalue weighted by Crippen LogP contribution is 2.24. The van der Waals surface area contributed by atoms with Crippen molar-refractivity contribution in [1.29, 1.82) is 0 Å². The number of hydrogen-bond acceptors (Lipinski definition) is 5. The zero-order valence-electron chi connectivity index (χ0n) is 10.5. The van der Waals surface area contributed by atoms with E-state index in [9.17, 15) is 0 Å². The summed E-state index contributed by atoms with van der Waals surface area (Å²) in [6.07, 6.45) is 5.18. The highest BCUT2D eigenvalue weighted by molar-refractivity contribution is 5.90. The maximum absolute atomic E-state index is 5.76. The monoisotopic (exact) mass is 254 g/mol. The first-order valence-electron chi connectivity index (χ1n) is 5.99. The standard InChI is InChI=1S/C13H14N6/c1-8(9-5-17-18-6-9)19-13-11-3-2-10(14)4-12(11)15-7-16-13/h2-8H,14H2,1H3,(H,17,18)(H,15,16,19). The third-order valence-corrected chi connectivity index (χ3v) is 3.03. The maximum Gasteiger partial charge on any atom is 0.137 e. The lowest BCUT2D eigenvalue weighted by molar-refractivity contribution is 0.877. The Hall–Kier alpha value is -2.63. The molecule has 4 N–H and O–H groups in total. The molecule has 0 aliphatic carbocycles. The minimum absolute atomic E-state index is 0.106. The molecular formula is C13H14N6. The second-order valence-electron chi connectivity index (χ2n) is 4.40. The van der Waals surface area contributed by atoms with Gasteiger partial charge in [0.25, 0.3) is 0 Å². The molecule has 0 saturated heterocycles. The van der Waals surface area contributed by atoms with Gasteiger partial charge in [0.1, 0.15) is 12.1 Å². The van der Waals surface area contributed by atoms with Crippen LogP contribution in [0.3, 0.4) is 0 Å². The number of hydrogen-bond donors (Lipinski definition) is 3. The SMILES string of the molecule is CC(Nc1ncnc2cc(N)ccc12)c1cn[nH]c1. The van der Waals surface area contributed by atoms with Crippen LogP contribution in [-0.4, -0.2) is 20.2 Å². The summed E-state index contributed by atoms with van der Waals surface area (Å²) in [7, 11) is 0. The Balaban J connectivity index is 1.97. The number of fused-ring (bicyclic) bond motifs is 1. The number of nitrogens with zero attached hydrogens (tertiary/aromatic N) is 3. The number of nitrogens with one attached hydrogen (secondary N) is 2. The molecule has 0 spiro atoms. The normalized spacial score (nSPS) is 12.5. The van der Waals surface area contributed by atoms with Gasteiger partial charge in [-0.2, -0.15) is 5.10 Å².